The van der Waals surface area contributed by atoms with Gasteiger partial charge < -0.3 is 14.6 Å². The average molecular weight is 456 g/mol. The molecule has 0 bridgehead atoms. The molecule has 0 amide bonds. The number of carbonyl (C=O) groups is 1. The van der Waals surface area contributed by atoms with Gasteiger partial charge in [-0.25, -0.2) is 4.79 Å². The van der Waals surface area contributed by atoms with Gasteiger partial charge in [0.05, 0.1) is 16.8 Å². The van der Waals surface area contributed by atoms with Gasteiger partial charge in [-0.1, -0.05) is 30.3 Å². The largest absolute Gasteiger partial charge is 0.482 e. The minimum atomic E-state index is -4.45. The fourth-order valence-corrected chi connectivity index (χ4v) is 3.45. The zero-order valence-corrected chi connectivity index (χ0v) is 17.4. The molecular formula is C24H19F3N2O4. The highest BCUT2D eigenvalue weighted by molar-refractivity contribution is 5.82. The number of halogens is 3. The number of alkyl halides is 3. The van der Waals surface area contributed by atoms with Crippen molar-refractivity contribution in [1.82, 2.24) is 10.2 Å². The highest BCUT2D eigenvalue weighted by Gasteiger charge is 2.31. The Labute approximate surface area is 186 Å². The van der Waals surface area contributed by atoms with Crippen molar-refractivity contribution >= 4 is 16.9 Å². The van der Waals surface area contributed by atoms with E-state index in [4.69, 9.17) is 14.6 Å². The number of ether oxygens (including phenoxy) is 2. The smallest absolute Gasteiger partial charge is 0.416 e. The fraction of sp³-hybridized carbons (Fsp3) is 0.167. The van der Waals surface area contributed by atoms with E-state index >= 15 is 0 Å². The summed E-state index contributed by atoms with van der Waals surface area (Å²) in [6, 6.07) is 17.0. The second-order valence-electron chi connectivity index (χ2n) is 7.38. The molecule has 33 heavy (non-hydrogen) atoms. The molecule has 1 atom stereocenters. The van der Waals surface area contributed by atoms with Crippen molar-refractivity contribution in [1.29, 1.82) is 0 Å². The Morgan fingerprint density at radius 2 is 1.82 bits per heavy atom. The van der Waals surface area contributed by atoms with Gasteiger partial charge in [0.15, 0.2) is 12.7 Å². The van der Waals surface area contributed by atoms with Crippen molar-refractivity contribution in [3.8, 4) is 11.5 Å². The summed E-state index contributed by atoms with van der Waals surface area (Å²) in [5.74, 6) is -0.273. The fourth-order valence-electron chi connectivity index (χ4n) is 3.45. The van der Waals surface area contributed by atoms with Gasteiger partial charge in [-0.05, 0) is 54.4 Å². The van der Waals surface area contributed by atoms with Crippen LogP contribution in [0.25, 0.3) is 10.9 Å². The quantitative estimate of drug-likeness (QED) is 0.383. The molecule has 0 aliphatic carbocycles. The molecule has 170 valence electrons. The lowest BCUT2D eigenvalue weighted by Gasteiger charge is -2.20. The van der Waals surface area contributed by atoms with Crippen molar-refractivity contribution in [2.75, 3.05) is 6.61 Å². The van der Waals surface area contributed by atoms with Gasteiger partial charge in [0.2, 0.25) is 0 Å². The van der Waals surface area contributed by atoms with Crippen molar-refractivity contribution in [3.63, 3.8) is 0 Å². The molecule has 0 radical (unpaired) electrons. The van der Waals surface area contributed by atoms with E-state index in [9.17, 15) is 18.0 Å². The molecule has 0 spiro atoms. The van der Waals surface area contributed by atoms with Crippen LogP contribution in [0.5, 0.6) is 11.5 Å². The van der Waals surface area contributed by atoms with Crippen LogP contribution in [0, 0.1) is 6.92 Å². The van der Waals surface area contributed by atoms with E-state index in [0.29, 0.717) is 33.8 Å². The Hall–Kier alpha value is -4.01. The number of benzene rings is 3. The SMILES string of the molecule is Cc1cc(OC(c2ccc(C(F)(F)F)cc2)c2[nH]nc3ccccc23)ccc1OCC(=O)O. The minimum absolute atomic E-state index is 0.392. The number of rotatable bonds is 7. The minimum Gasteiger partial charge on any atom is -0.482 e. The lowest BCUT2D eigenvalue weighted by molar-refractivity contribution is -0.139. The Morgan fingerprint density at radius 3 is 2.48 bits per heavy atom. The first-order chi connectivity index (χ1) is 15.7. The molecule has 0 saturated heterocycles. The highest BCUT2D eigenvalue weighted by atomic mass is 19.4. The van der Waals surface area contributed by atoms with Crippen LogP contribution >= 0.6 is 0 Å². The van der Waals surface area contributed by atoms with Crippen LogP contribution in [-0.2, 0) is 11.0 Å². The first-order valence-corrected chi connectivity index (χ1v) is 9.94. The third-order valence-electron chi connectivity index (χ3n) is 5.05. The van der Waals surface area contributed by atoms with E-state index in [0.717, 1.165) is 17.5 Å². The van der Waals surface area contributed by atoms with Gasteiger partial charge in [0.1, 0.15) is 11.5 Å². The molecule has 1 heterocycles. The molecule has 1 aromatic heterocycles. The predicted octanol–water partition coefficient (Wildman–Crippen LogP) is 5.52. The summed E-state index contributed by atoms with van der Waals surface area (Å²) < 4.78 is 50.6. The third-order valence-corrected chi connectivity index (χ3v) is 5.05. The number of fused-ring (bicyclic) bond motifs is 1. The van der Waals surface area contributed by atoms with Gasteiger partial charge in [-0.15, -0.1) is 0 Å². The summed E-state index contributed by atoms with van der Waals surface area (Å²) in [6.07, 6.45) is -5.22. The van der Waals surface area contributed by atoms with Gasteiger partial charge in [0.25, 0.3) is 0 Å². The highest BCUT2D eigenvalue weighted by Crippen LogP contribution is 2.35. The van der Waals surface area contributed by atoms with Crippen LogP contribution in [0.15, 0.2) is 66.7 Å². The number of para-hydroxylation sites is 1. The first kappa shape index (κ1) is 22.2. The normalized spacial score (nSPS) is 12.5. The number of carboxylic acid groups (broad SMARTS) is 1. The van der Waals surface area contributed by atoms with E-state index in [2.05, 4.69) is 10.2 Å². The topological polar surface area (TPSA) is 84.4 Å². The lowest BCUT2D eigenvalue weighted by atomic mass is 10.0. The number of nitrogens with zero attached hydrogens (tertiary/aromatic N) is 1. The first-order valence-electron chi connectivity index (χ1n) is 9.94. The molecule has 0 fully saturated rings. The number of hydrogen-bond acceptors (Lipinski definition) is 4. The zero-order valence-electron chi connectivity index (χ0n) is 17.4. The molecule has 1 unspecified atom stereocenters. The van der Waals surface area contributed by atoms with Crippen molar-refractivity contribution in [2.45, 2.75) is 19.2 Å². The standard InChI is InChI=1S/C24H19F3N2O4/c1-14-12-17(10-11-20(14)32-13-21(30)31)33-23(15-6-8-16(9-7-15)24(25,26)27)22-18-4-2-3-5-19(18)28-29-22/h2-12,23H,13H2,1H3,(H,28,29)(H,30,31). The molecule has 4 aromatic rings. The molecule has 6 nitrogen and oxygen atoms in total. The van der Waals surface area contributed by atoms with Gasteiger partial charge in [0, 0.05) is 5.39 Å². The van der Waals surface area contributed by atoms with Crippen LogP contribution in [0.3, 0.4) is 0 Å². The average Bonchev–Trinajstić information content (AvgIpc) is 3.20. The Kier molecular flexibility index (Phi) is 5.95. The molecule has 0 saturated carbocycles. The van der Waals surface area contributed by atoms with Gasteiger partial charge in [-0.3, -0.25) is 5.10 Å². The van der Waals surface area contributed by atoms with Crippen molar-refractivity contribution < 1.29 is 32.5 Å². The summed E-state index contributed by atoms with van der Waals surface area (Å²) >= 11 is 0. The summed E-state index contributed by atoms with van der Waals surface area (Å²) in [5, 5.41) is 16.8. The molecule has 3 aromatic carbocycles. The van der Waals surface area contributed by atoms with Gasteiger partial charge in [-0.2, -0.15) is 18.3 Å². The van der Waals surface area contributed by atoms with Crippen LogP contribution in [0.1, 0.15) is 28.5 Å². The van der Waals surface area contributed by atoms with Crippen LogP contribution in [-0.4, -0.2) is 27.9 Å². The maximum Gasteiger partial charge on any atom is 0.416 e. The number of hydrogen-bond donors (Lipinski definition) is 2. The number of carboxylic acids is 1. The maximum absolute atomic E-state index is 13.0. The predicted molar refractivity (Wildman–Crippen MR) is 114 cm³/mol. The molecule has 0 aliphatic heterocycles. The van der Waals surface area contributed by atoms with Crippen molar-refractivity contribution in [2.24, 2.45) is 0 Å². The van der Waals surface area contributed by atoms with Gasteiger partial charge >= 0.3 is 12.1 Å². The van der Waals surface area contributed by atoms with Crippen LogP contribution in [0.4, 0.5) is 13.2 Å². The number of aromatic amines is 1. The number of aromatic nitrogens is 2. The third kappa shape index (κ3) is 4.92. The number of nitrogens with one attached hydrogen (secondary N) is 1. The Bertz CT molecular complexity index is 1280. The zero-order chi connectivity index (χ0) is 23.6. The molecule has 9 heteroatoms. The second-order valence-corrected chi connectivity index (χ2v) is 7.38. The van der Waals surface area contributed by atoms with E-state index in [-0.39, 0.29) is 0 Å². The van der Waals surface area contributed by atoms with Crippen LogP contribution < -0.4 is 9.47 Å². The summed E-state index contributed by atoms with van der Waals surface area (Å²) in [5.41, 5.74) is 1.68. The summed E-state index contributed by atoms with van der Waals surface area (Å²) in [6.45, 7) is 1.26. The lowest BCUT2D eigenvalue weighted by Crippen LogP contribution is -2.12. The number of aryl methyl sites for hydroxylation is 1. The van der Waals surface area contributed by atoms with E-state index in [1.807, 2.05) is 24.3 Å². The van der Waals surface area contributed by atoms with Crippen molar-refractivity contribution in [3.05, 3.63) is 89.1 Å². The van der Waals surface area contributed by atoms with E-state index in [1.54, 1.807) is 25.1 Å². The Balaban J connectivity index is 1.71. The molecule has 4 rings (SSSR count). The second kappa shape index (κ2) is 8.85. The summed E-state index contributed by atoms with van der Waals surface area (Å²) in [7, 11) is 0. The van der Waals surface area contributed by atoms with Crippen LogP contribution in [0.2, 0.25) is 0 Å². The monoisotopic (exact) mass is 456 g/mol. The Morgan fingerprint density at radius 1 is 1.09 bits per heavy atom. The number of aliphatic carboxylic acids is 1. The molecule has 0 aliphatic rings. The molecule has 2 N–H and O–H groups in total. The number of H-pyrrole nitrogens is 1. The maximum atomic E-state index is 13.0. The summed E-state index contributed by atoms with van der Waals surface area (Å²) in [4.78, 5) is 10.7. The molecular weight excluding hydrogens is 437 g/mol. The van der Waals surface area contributed by atoms with E-state index < -0.39 is 30.4 Å². The van der Waals surface area contributed by atoms with E-state index in [1.165, 1.54) is 12.1 Å².